The van der Waals surface area contributed by atoms with Gasteiger partial charge >= 0.3 is 18.8 Å². The second-order valence-electron chi connectivity index (χ2n) is 5.95. The molecule has 1 saturated heterocycles. The number of carbonyl (C=O) groups excluding carboxylic acids is 1. The van der Waals surface area contributed by atoms with Gasteiger partial charge in [-0.25, -0.2) is 9.59 Å². The molecule has 0 unspecified atom stereocenters. The number of hydrogen-bond acceptors (Lipinski definition) is 6. The molecule has 0 bridgehead atoms. The molecule has 24 heavy (non-hydrogen) atoms. The predicted molar refractivity (Wildman–Crippen MR) is 83.2 cm³/mol. The topological polar surface area (TPSA) is 129 Å². The van der Waals surface area contributed by atoms with Gasteiger partial charge < -0.3 is 34.8 Å². The Morgan fingerprint density at radius 1 is 1.38 bits per heavy atom. The van der Waals surface area contributed by atoms with Crippen molar-refractivity contribution in [1.82, 2.24) is 10.2 Å². The summed E-state index contributed by atoms with van der Waals surface area (Å²) in [5.74, 6) is -1.27. The van der Waals surface area contributed by atoms with Crippen LogP contribution in [-0.2, 0) is 6.42 Å². The minimum Gasteiger partial charge on any atom is -0.669 e. The Labute approximate surface area is 137 Å². The average molecular weight is 337 g/mol. The first-order valence-electron chi connectivity index (χ1n) is 7.62. The molecule has 2 aliphatic rings. The van der Waals surface area contributed by atoms with Crippen LogP contribution >= 0.6 is 0 Å². The maximum absolute atomic E-state index is 11.6. The highest BCUT2D eigenvalue weighted by atomic mass is 16.6. The summed E-state index contributed by atoms with van der Waals surface area (Å²) in [5, 5.41) is 31.4. The molecule has 2 aliphatic heterocycles. The number of benzene rings is 1. The molecule has 0 radical (unpaired) electrons. The van der Waals surface area contributed by atoms with Crippen LogP contribution in [0.2, 0.25) is 6.32 Å². The van der Waals surface area contributed by atoms with Crippen molar-refractivity contribution >= 4 is 18.8 Å². The van der Waals surface area contributed by atoms with E-state index in [1.165, 1.54) is 18.0 Å². The van der Waals surface area contributed by atoms with Crippen molar-refractivity contribution in [1.29, 1.82) is 0 Å². The van der Waals surface area contributed by atoms with Crippen LogP contribution in [0.5, 0.6) is 11.5 Å². The van der Waals surface area contributed by atoms with Gasteiger partial charge in [-0.05, 0) is 18.1 Å². The zero-order valence-electron chi connectivity index (χ0n) is 13.1. The van der Waals surface area contributed by atoms with Gasteiger partial charge in [-0.3, -0.25) is 0 Å². The van der Waals surface area contributed by atoms with Crippen LogP contribution in [0.1, 0.15) is 15.9 Å². The Morgan fingerprint density at radius 2 is 2.08 bits per heavy atom. The van der Waals surface area contributed by atoms with Crippen LogP contribution in [0.3, 0.4) is 0 Å². The molecule has 0 aromatic heterocycles. The van der Waals surface area contributed by atoms with E-state index in [-0.39, 0.29) is 35.5 Å². The summed E-state index contributed by atoms with van der Waals surface area (Å²) in [5.41, 5.74) is 0.348. The van der Waals surface area contributed by atoms with Crippen molar-refractivity contribution in [2.24, 2.45) is 0 Å². The Kier molecular flexibility index (Phi) is 4.02. The zero-order chi connectivity index (χ0) is 17.5. The molecule has 0 spiro atoms. The summed E-state index contributed by atoms with van der Waals surface area (Å²) in [6.07, 6.45) is -0.0206. The first-order valence-corrected chi connectivity index (χ1v) is 7.62. The molecular weight excluding hydrogens is 319 g/mol. The van der Waals surface area contributed by atoms with Gasteiger partial charge in [-0.2, -0.15) is 0 Å². The highest BCUT2D eigenvalue weighted by molar-refractivity contribution is 6.59. The van der Waals surface area contributed by atoms with Gasteiger partial charge in [-0.15, -0.1) is 0 Å². The summed E-state index contributed by atoms with van der Waals surface area (Å²) >= 11 is 0. The average Bonchev–Trinajstić information content (AvgIpc) is 2.47. The molecular formula is C14H18BN2O7-. The van der Waals surface area contributed by atoms with E-state index < -0.39 is 12.7 Å². The van der Waals surface area contributed by atoms with Crippen LogP contribution in [0.15, 0.2) is 12.1 Å². The Bertz CT molecular complexity index is 688. The van der Waals surface area contributed by atoms with Crippen LogP contribution in [-0.4, -0.2) is 65.1 Å². The number of likely N-dealkylation sites (tertiary alicyclic amines) is 1. The van der Waals surface area contributed by atoms with Crippen LogP contribution in [0, 0.1) is 0 Å². The zero-order valence-corrected chi connectivity index (χ0v) is 13.1. The molecule has 2 amide bonds. The quantitative estimate of drug-likeness (QED) is 0.555. The summed E-state index contributed by atoms with van der Waals surface area (Å²) in [4.78, 5) is 24.6. The van der Waals surface area contributed by atoms with Crippen LogP contribution < -0.4 is 14.7 Å². The second kappa shape index (κ2) is 5.88. The lowest BCUT2D eigenvalue weighted by atomic mass is 9.70. The van der Waals surface area contributed by atoms with Crippen molar-refractivity contribution in [3.8, 4) is 11.5 Å². The molecule has 3 rings (SSSR count). The first-order chi connectivity index (χ1) is 11.3. The van der Waals surface area contributed by atoms with Gasteiger partial charge in [0.05, 0.1) is 18.8 Å². The molecule has 1 aromatic carbocycles. The Hall–Kier alpha value is -2.46. The number of aryl methyl sites for hydroxylation is 1. The number of carbonyl (C=O) groups is 2. The largest absolute Gasteiger partial charge is 0.669 e. The van der Waals surface area contributed by atoms with E-state index in [2.05, 4.69) is 5.32 Å². The molecule has 4 N–H and O–H groups in total. The van der Waals surface area contributed by atoms with E-state index in [9.17, 15) is 24.7 Å². The van der Waals surface area contributed by atoms with Crippen LogP contribution in [0.4, 0.5) is 4.79 Å². The summed E-state index contributed by atoms with van der Waals surface area (Å²) in [6.45, 7) is -2.39. The standard InChI is InChI=1S/C14H18BN2O7/c1-16-14(20)17-6-9(7-17)23-10-3-2-8-4-5-15(21,22)24-12(8)11(10)13(18)19/h2-3,9,21-22H,4-7H2,1H3,(H,16,20)(H,18,19)/q-1. The second-order valence-corrected chi connectivity index (χ2v) is 5.95. The molecule has 0 aliphatic carbocycles. The van der Waals surface area contributed by atoms with Crippen molar-refractivity contribution in [3.63, 3.8) is 0 Å². The highest BCUT2D eigenvalue weighted by Crippen LogP contribution is 2.38. The number of ether oxygens (including phenoxy) is 1. The molecule has 0 saturated carbocycles. The fourth-order valence-corrected chi connectivity index (χ4v) is 2.85. The van der Waals surface area contributed by atoms with Gasteiger partial charge in [0.15, 0.2) is 0 Å². The Balaban J connectivity index is 1.82. The van der Waals surface area contributed by atoms with Gasteiger partial charge in [-0.1, -0.05) is 12.4 Å². The molecule has 10 heteroatoms. The number of nitrogens with one attached hydrogen (secondary N) is 1. The monoisotopic (exact) mass is 337 g/mol. The number of aromatic carboxylic acids is 1. The molecule has 1 aromatic rings. The van der Waals surface area contributed by atoms with Crippen molar-refractivity contribution in [2.75, 3.05) is 20.1 Å². The third-order valence-corrected chi connectivity index (χ3v) is 4.15. The lowest BCUT2D eigenvalue weighted by Crippen LogP contribution is -2.58. The van der Waals surface area contributed by atoms with E-state index in [0.717, 1.165) is 0 Å². The number of amides is 2. The SMILES string of the molecule is CNC(=O)N1CC(Oc2ccc3c(c2C(=O)O)O[B-](O)(O)CC3)C1. The number of hydrogen-bond donors (Lipinski definition) is 4. The fraction of sp³-hybridized carbons (Fsp3) is 0.429. The molecule has 2 heterocycles. The van der Waals surface area contributed by atoms with Gasteiger partial charge in [0.1, 0.15) is 17.4 Å². The summed E-state index contributed by atoms with van der Waals surface area (Å²) in [6, 6.07) is 2.95. The van der Waals surface area contributed by atoms with Gasteiger partial charge in [0.2, 0.25) is 0 Å². The molecule has 9 nitrogen and oxygen atoms in total. The van der Waals surface area contributed by atoms with E-state index >= 15 is 0 Å². The minimum absolute atomic E-state index is 0.00990. The normalized spacial score (nSPS) is 18.9. The van der Waals surface area contributed by atoms with Gasteiger partial charge in [0.25, 0.3) is 0 Å². The van der Waals surface area contributed by atoms with Crippen molar-refractivity contribution in [2.45, 2.75) is 18.8 Å². The maximum Gasteiger partial charge on any atom is 0.430 e. The molecule has 1 fully saturated rings. The maximum atomic E-state index is 11.6. The molecule has 0 atom stereocenters. The smallest absolute Gasteiger partial charge is 0.430 e. The number of carboxylic acids is 1. The number of urea groups is 1. The predicted octanol–water partition coefficient (Wildman–Crippen LogP) is -0.354. The van der Waals surface area contributed by atoms with E-state index in [4.69, 9.17) is 9.39 Å². The third-order valence-electron chi connectivity index (χ3n) is 4.15. The minimum atomic E-state index is -3.07. The highest BCUT2D eigenvalue weighted by Gasteiger charge is 2.36. The third kappa shape index (κ3) is 2.97. The number of fused-ring (bicyclic) bond motifs is 1. The van der Waals surface area contributed by atoms with Crippen molar-refractivity contribution < 1.29 is 34.1 Å². The summed E-state index contributed by atoms with van der Waals surface area (Å²) < 4.78 is 10.8. The Morgan fingerprint density at radius 3 is 2.71 bits per heavy atom. The van der Waals surface area contributed by atoms with Crippen molar-refractivity contribution in [3.05, 3.63) is 23.3 Å². The fourth-order valence-electron chi connectivity index (χ4n) is 2.85. The van der Waals surface area contributed by atoms with E-state index in [0.29, 0.717) is 25.1 Å². The summed E-state index contributed by atoms with van der Waals surface area (Å²) in [7, 11) is 1.53. The number of rotatable bonds is 3. The van der Waals surface area contributed by atoms with E-state index in [1.54, 1.807) is 6.07 Å². The molecule has 130 valence electrons. The lowest BCUT2D eigenvalue weighted by molar-refractivity contribution is 0.0425. The van der Waals surface area contributed by atoms with E-state index in [1.807, 2.05) is 0 Å². The number of carboxylic acid groups (broad SMARTS) is 1. The number of nitrogens with zero attached hydrogens (tertiary/aromatic N) is 1. The van der Waals surface area contributed by atoms with Crippen LogP contribution in [0.25, 0.3) is 0 Å². The lowest BCUT2D eigenvalue weighted by Gasteiger charge is -2.40. The van der Waals surface area contributed by atoms with Gasteiger partial charge in [0, 0.05) is 7.05 Å². The first kappa shape index (κ1) is 16.4.